The maximum Gasteiger partial charge on any atom is 0.410 e. The highest BCUT2D eigenvalue weighted by Crippen LogP contribution is 2.56. The van der Waals surface area contributed by atoms with E-state index in [4.69, 9.17) is 10.2 Å². The highest BCUT2D eigenvalue weighted by molar-refractivity contribution is 5.77. The minimum atomic E-state index is -7.46. The molecule has 0 aliphatic carbocycles. The van der Waals surface area contributed by atoms with E-state index in [1.54, 1.807) is 0 Å². The molecule has 0 rings (SSSR count). The third kappa shape index (κ3) is 2.16. The minimum Gasteiger partial charge on any atom is -0.477 e. The fourth-order valence-electron chi connectivity index (χ4n) is 0.858. The van der Waals surface area contributed by atoms with Gasteiger partial charge in [0.2, 0.25) is 0 Å². The molecular weight excluding hydrogens is 322 g/mol. The number of hydrogen-bond donors (Lipinski definition) is 2. The topological polar surface area (TPSA) is 57.5 Å². The van der Waals surface area contributed by atoms with Gasteiger partial charge in [0, 0.05) is 0 Å². The molecule has 0 atom stereocenters. The van der Waals surface area contributed by atoms with E-state index < -0.39 is 42.2 Å². The average Bonchev–Trinajstić information content (AvgIpc) is 2.27. The molecule has 2 N–H and O–H groups in total. The zero-order valence-electron chi connectivity index (χ0n) is 8.79. The molecule has 0 aliphatic heterocycles. The van der Waals surface area contributed by atoms with Crippen molar-refractivity contribution in [2.45, 2.75) is 29.6 Å². The molecule has 0 spiro atoms. The Morgan fingerprint density at radius 1 is 0.750 bits per heavy atom. The monoisotopic (exact) mass is 326 g/mol. The van der Waals surface area contributed by atoms with Crippen molar-refractivity contribution in [1.29, 1.82) is 0 Å². The van der Waals surface area contributed by atoms with Crippen LogP contribution in [0.15, 0.2) is 0 Å². The number of halogens is 10. The molecule has 0 heterocycles. The molecule has 0 amide bonds. The van der Waals surface area contributed by atoms with Crippen LogP contribution < -0.4 is 0 Å². The fraction of sp³-hybridized carbons (Fsp3) is 0.857. The Kier molecular flexibility index (Phi) is 4.34. The molecule has 0 fully saturated rings. The summed E-state index contributed by atoms with van der Waals surface area (Å²) in [5.74, 6) is -38.8. The van der Waals surface area contributed by atoms with Crippen molar-refractivity contribution < 1.29 is 58.9 Å². The second-order valence-electron chi connectivity index (χ2n) is 3.47. The molecule has 0 radical (unpaired) electrons. The van der Waals surface area contributed by atoms with Gasteiger partial charge in [0.15, 0.2) is 0 Å². The minimum absolute atomic E-state index is 3.07. The Labute approximate surface area is 102 Å². The molecule has 0 aromatic carbocycles. The normalized spacial score (nSPS) is 15.3. The third-order valence-electron chi connectivity index (χ3n) is 2.11. The number of carboxylic acid groups (broad SMARTS) is 1. The summed E-state index contributed by atoms with van der Waals surface area (Å²) in [4.78, 5) is 9.72. The highest BCUT2D eigenvalue weighted by atomic mass is 19.4. The Morgan fingerprint density at radius 3 is 1.35 bits per heavy atom. The van der Waals surface area contributed by atoms with Crippen LogP contribution in [0, 0.1) is 0 Å². The van der Waals surface area contributed by atoms with Gasteiger partial charge >= 0.3 is 35.6 Å². The SMILES string of the molecule is O=C(O)C(F)(F)C(F)(F)C(F)(F)C(F)(F)C(F)(F)CO. The molecule has 0 unspecified atom stereocenters. The molecule has 0 saturated carbocycles. The quantitative estimate of drug-likeness (QED) is 0.736. The molecule has 0 aromatic heterocycles. The van der Waals surface area contributed by atoms with Crippen molar-refractivity contribution in [3.05, 3.63) is 0 Å². The van der Waals surface area contributed by atoms with Crippen molar-refractivity contribution in [1.82, 2.24) is 0 Å². The van der Waals surface area contributed by atoms with Gasteiger partial charge in [-0.05, 0) is 0 Å². The van der Waals surface area contributed by atoms with Crippen LogP contribution in [0.4, 0.5) is 43.9 Å². The number of carbonyl (C=O) groups is 1. The summed E-state index contributed by atoms with van der Waals surface area (Å²) in [5, 5.41) is 15.4. The first kappa shape index (κ1) is 18.7. The first-order chi connectivity index (χ1) is 8.50. The smallest absolute Gasteiger partial charge is 0.410 e. The molecule has 120 valence electrons. The van der Waals surface area contributed by atoms with Gasteiger partial charge in [0.25, 0.3) is 0 Å². The second-order valence-corrected chi connectivity index (χ2v) is 3.47. The van der Waals surface area contributed by atoms with Crippen LogP contribution in [0.3, 0.4) is 0 Å². The number of carboxylic acids is 1. The van der Waals surface area contributed by atoms with Crippen LogP contribution in [0.5, 0.6) is 0 Å². The van der Waals surface area contributed by atoms with Gasteiger partial charge in [-0.3, -0.25) is 0 Å². The number of aliphatic hydroxyl groups is 1. The lowest BCUT2D eigenvalue weighted by molar-refractivity contribution is -0.399. The van der Waals surface area contributed by atoms with Gasteiger partial charge in [0.1, 0.15) is 6.61 Å². The molecule has 0 aromatic rings. The van der Waals surface area contributed by atoms with Crippen LogP contribution in [0.1, 0.15) is 0 Å². The largest absolute Gasteiger partial charge is 0.477 e. The predicted molar refractivity (Wildman–Crippen MR) is 39.5 cm³/mol. The number of aliphatic carboxylic acids is 1. The zero-order valence-corrected chi connectivity index (χ0v) is 8.79. The molecule has 13 heteroatoms. The van der Waals surface area contributed by atoms with Gasteiger partial charge in [-0.1, -0.05) is 0 Å². The van der Waals surface area contributed by atoms with Crippen molar-refractivity contribution in [3.8, 4) is 0 Å². The fourth-order valence-corrected chi connectivity index (χ4v) is 0.858. The van der Waals surface area contributed by atoms with Gasteiger partial charge in [-0.25, -0.2) is 4.79 Å². The van der Waals surface area contributed by atoms with Crippen molar-refractivity contribution in [3.63, 3.8) is 0 Å². The van der Waals surface area contributed by atoms with Crippen LogP contribution in [-0.4, -0.2) is 52.4 Å². The van der Waals surface area contributed by atoms with E-state index in [0.29, 0.717) is 0 Å². The second kappa shape index (κ2) is 4.63. The maximum absolute atomic E-state index is 12.7. The summed E-state index contributed by atoms with van der Waals surface area (Å²) in [5.41, 5.74) is 0. The van der Waals surface area contributed by atoms with Crippen LogP contribution >= 0.6 is 0 Å². The third-order valence-corrected chi connectivity index (χ3v) is 2.11. The Balaban J connectivity index is 6.05. The molecule has 20 heavy (non-hydrogen) atoms. The summed E-state index contributed by atoms with van der Waals surface area (Å²) >= 11 is 0. The summed E-state index contributed by atoms with van der Waals surface area (Å²) in [7, 11) is 0. The Hall–Kier alpha value is -1.27. The first-order valence-electron chi connectivity index (χ1n) is 4.24. The molecule has 0 saturated heterocycles. The van der Waals surface area contributed by atoms with Crippen molar-refractivity contribution in [2.75, 3.05) is 6.61 Å². The molecule has 3 nitrogen and oxygen atoms in total. The lowest BCUT2D eigenvalue weighted by Gasteiger charge is -2.37. The number of rotatable bonds is 6. The van der Waals surface area contributed by atoms with Crippen molar-refractivity contribution in [2.24, 2.45) is 0 Å². The zero-order chi connectivity index (χ0) is 16.8. The lowest BCUT2D eigenvalue weighted by atomic mass is 9.94. The highest BCUT2D eigenvalue weighted by Gasteiger charge is 2.87. The van der Waals surface area contributed by atoms with Gasteiger partial charge in [0.05, 0.1) is 0 Å². The predicted octanol–water partition coefficient (Wildman–Crippen LogP) is 2.24. The summed E-state index contributed by atoms with van der Waals surface area (Å²) in [6.07, 6.45) is 0. The van der Waals surface area contributed by atoms with E-state index in [1.165, 1.54) is 0 Å². The summed E-state index contributed by atoms with van der Waals surface area (Å²) in [6.45, 7) is -3.07. The van der Waals surface area contributed by atoms with E-state index in [2.05, 4.69) is 0 Å². The van der Waals surface area contributed by atoms with E-state index in [1.807, 2.05) is 0 Å². The summed E-state index contributed by atoms with van der Waals surface area (Å²) < 4.78 is 125. The molecular formula is C7H4F10O3. The van der Waals surface area contributed by atoms with Crippen LogP contribution in [0.2, 0.25) is 0 Å². The lowest BCUT2D eigenvalue weighted by Crippen LogP contribution is -2.69. The number of aliphatic hydroxyl groups excluding tert-OH is 1. The maximum atomic E-state index is 12.7. The summed E-state index contributed by atoms with van der Waals surface area (Å²) in [6, 6.07) is 0. The van der Waals surface area contributed by atoms with E-state index in [0.717, 1.165) is 0 Å². The van der Waals surface area contributed by atoms with Gasteiger partial charge in [-0.2, -0.15) is 43.9 Å². The van der Waals surface area contributed by atoms with Crippen LogP contribution in [0.25, 0.3) is 0 Å². The number of alkyl halides is 10. The first-order valence-corrected chi connectivity index (χ1v) is 4.24. The Morgan fingerprint density at radius 2 is 1.10 bits per heavy atom. The molecule has 0 aliphatic rings. The Bertz CT molecular complexity index is 390. The average molecular weight is 326 g/mol. The van der Waals surface area contributed by atoms with E-state index in [9.17, 15) is 48.7 Å². The van der Waals surface area contributed by atoms with E-state index >= 15 is 0 Å². The standard InChI is InChI=1S/C7H4F10O3/c8-3(9,1-18)5(12,13)7(16,17)6(14,15)4(10,11)2(19)20/h18H,1H2,(H,19,20). The van der Waals surface area contributed by atoms with Gasteiger partial charge < -0.3 is 10.2 Å². The van der Waals surface area contributed by atoms with Gasteiger partial charge in [-0.15, -0.1) is 0 Å². The number of hydrogen-bond acceptors (Lipinski definition) is 2. The van der Waals surface area contributed by atoms with Crippen LogP contribution in [-0.2, 0) is 4.79 Å². The van der Waals surface area contributed by atoms with Crippen molar-refractivity contribution >= 4 is 5.97 Å². The molecule has 0 bridgehead atoms. The van der Waals surface area contributed by atoms with E-state index in [-0.39, 0.29) is 0 Å².